The highest BCUT2D eigenvalue weighted by Gasteiger charge is 2.13. The molecule has 0 fully saturated rings. The topological polar surface area (TPSA) is 88.1 Å². The lowest BCUT2D eigenvalue weighted by molar-refractivity contribution is -0.130. The molecule has 0 amide bonds. The molecular formula is C16H13N3O3. The van der Waals surface area contributed by atoms with Crippen LogP contribution in [0.5, 0.6) is 11.5 Å². The molecule has 0 aliphatic rings. The van der Waals surface area contributed by atoms with E-state index in [1.807, 2.05) is 18.2 Å². The van der Waals surface area contributed by atoms with Crippen molar-refractivity contribution in [1.82, 2.24) is 15.4 Å². The Morgan fingerprint density at radius 3 is 2.77 bits per heavy atom. The van der Waals surface area contributed by atoms with Crippen LogP contribution >= 0.6 is 0 Å². The van der Waals surface area contributed by atoms with E-state index in [2.05, 4.69) is 22.0 Å². The van der Waals surface area contributed by atoms with Gasteiger partial charge in [-0.3, -0.25) is 0 Å². The monoisotopic (exact) mass is 295 g/mol. The summed E-state index contributed by atoms with van der Waals surface area (Å²) in [4.78, 5) is 11.5. The van der Waals surface area contributed by atoms with Crippen molar-refractivity contribution in [2.24, 2.45) is 0 Å². The minimum atomic E-state index is -0.536. The van der Waals surface area contributed by atoms with Gasteiger partial charge >= 0.3 is 5.97 Å². The molecule has 6 heteroatoms. The minimum absolute atomic E-state index is 0.0116. The molecule has 3 aromatic rings. The zero-order chi connectivity index (χ0) is 15.7. The number of benzene rings is 2. The molecule has 3 rings (SSSR count). The van der Waals surface area contributed by atoms with E-state index in [-0.39, 0.29) is 17.1 Å². The first-order valence-corrected chi connectivity index (χ1v) is 6.57. The summed E-state index contributed by atoms with van der Waals surface area (Å²) in [6, 6.07) is 10.1. The van der Waals surface area contributed by atoms with Crippen LogP contribution in [0, 0.1) is 0 Å². The first-order valence-electron chi connectivity index (χ1n) is 6.57. The summed E-state index contributed by atoms with van der Waals surface area (Å²) in [5.41, 5.74) is 2.96. The highest BCUT2D eigenvalue weighted by Crippen LogP contribution is 2.35. The maximum atomic E-state index is 11.5. The molecule has 0 aliphatic carbocycles. The number of rotatable bonds is 3. The summed E-state index contributed by atoms with van der Waals surface area (Å²) < 4.78 is 5.09. The molecule has 0 saturated heterocycles. The number of nitrogens with one attached hydrogen (secondary N) is 1. The van der Waals surface area contributed by atoms with Gasteiger partial charge in [0.2, 0.25) is 0 Å². The smallest absolute Gasteiger partial charge is 0.338 e. The lowest BCUT2D eigenvalue weighted by atomic mass is 10.0. The van der Waals surface area contributed by atoms with E-state index >= 15 is 0 Å². The van der Waals surface area contributed by atoms with Gasteiger partial charge in [-0.05, 0) is 25.1 Å². The van der Waals surface area contributed by atoms with Crippen molar-refractivity contribution in [3.63, 3.8) is 0 Å². The van der Waals surface area contributed by atoms with Gasteiger partial charge in [-0.25, -0.2) is 4.79 Å². The SMILES string of the molecule is C=C(C)C(=O)Oc1ccc(-c2cccc3n[nH]nc23)c(O)c1. The number of H-pyrrole nitrogens is 1. The molecule has 1 aromatic heterocycles. The maximum absolute atomic E-state index is 11.5. The number of aromatic nitrogens is 3. The lowest BCUT2D eigenvalue weighted by Crippen LogP contribution is -2.07. The molecule has 6 nitrogen and oxygen atoms in total. The van der Waals surface area contributed by atoms with Crippen LogP contribution in [0.3, 0.4) is 0 Å². The Kier molecular flexibility index (Phi) is 3.34. The van der Waals surface area contributed by atoms with E-state index in [9.17, 15) is 9.90 Å². The van der Waals surface area contributed by atoms with Crippen LogP contribution in [-0.4, -0.2) is 26.5 Å². The summed E-state index contributed by atoms with van der Waals surface area (Å²) in [7, 11) is 0. The van der Waals surface area contributed by atoms with Gasteiger partial charge in [0.25, 0.3) is 0 Å². The second-order valence-corrected chi connectivity index (χ2v) is 4.85. The highest BCUT2D eigenvalue weighted by molar-refractivity contribution is 5.93. The van der Waals surface area contributed by atoms with Gasteiger partial charge in [-0.2, -0.15) is 15.4 Å². The molecule has 0 atom stereocenters. The Hall–Kier alpha value is -3.15. The van der Waals surface area contributed by atoms with E-state index in [1.165, 1.54) is 6.07 Å². The van der Waals surface area contributed by atoms with Gasteiger partial charge < -0.3 is 9.84 Å². The van der Waals surface area contributed by atoms with Crippen LogP contribution in [0.1, 0.15) is 6.92 Å². The van der Waals surface area contributed by atoms with Gasteiger partial charge in [0, 0.05) is 22.8 Å². The summed E-state index contributed by atoms with van der Waals surface area (Å²) in [6.45, 7) is 5.07. The quantitative estimate of drug-likeness (QED) is 0.440. The number of para-hydroxylation sites is 1. The van der Waals surface area contributed by atoms with Gasteiger partial charge in [0.05, 0.1) is 0 Å². The normalized spacial score (nSPS) is 10.6. The molecule has 0 aliphatic heterocycles. The number of esters is 1. The maximum Gasteiger partial charge on any atom is 0.338 e. The largest absolute Gasteiger partial charge is 0.507 e. The lowest BCUT2D eigenvalue weighted by Gasteiger charge is -2.08. The van der Waals surface area contributed by atoms with E-state index in [0.717, 1.165) is 5.56 Å². The molecule has 0 saturated carbocycles. The first-order chi connectivity index (χ1) is 10.6. The second-order valence-electron chi connectivity index (χ2n) is 4.85. The number of hydrogen-bond acceptors (Lipinski definition) is 5. The first kappa shape index (κ1) is 13.8. The van der Waals surface area contributed by atoms with E-state index in [1.54, 1.807) is 19.1 Å². The molecule has 2 N–H and O–H groups in total. The van der Waals surface area contributed by atoms with Gasteiger partial charge in [-0.1, -0.05) is 18.7 Å². The van der Waals surface area contributed by atoms with Crippen LogP contribution in [0.2, 0.25) is 0 Å². The van der Waals surface area contributed by atoms with Crippen LogP contribution in [0.4, 0.5) is 0 Å². The minimum Gasteiger partial charge on any atom is -0.507 e. The average molecular weight is 295 g/mol. The predicted octanol–water partition coefficient (Wildman–Crippen LogP) is 2.81. The Balaban J connectivity index is 2.01. The molecule has 0 bridgehead atoms. The Morgan fingerprint density at radius 1 is 1.23 bits per heavy atom. The summed E-state index contributed by atoms with van der Waals surface area (Å²) >= 11 is 0. The van der Waals surface area contributed by atoms with Crippen molar-refractivity contribution in [3.05, 3.63) is 48.6 Å². The molecule has 22 heavy (non-hydrogen) atoms. The molecule has 0 radical (unpaired) electrons. The standard InChI is InChI=1S/C16H13N3O3/c1-9(2)16(21)22-10-6-7-11(14(20)8-10)12-4-3-5-13-15(12)18-19-17-13/h3-8,20H,1H2,2H3,(H,17,18,19). The third kappa shape index (κ3) is 2.42. The number of carbonyl (C=O) groups excluding carboxylic acids is 1. The summed E-state index contributed by atoms with van der Waals surface area (Å²) in [5.74, 6) is -0.296. The van der Waals surface area contributed by atoms with Crippen LogP contribution in [-0.2, 0) is 4.79 Å². The average Bonchev–Trinajstić information content (AvgIpc) is 2.96. The number of aromatic amines is 1. The Labute approximate surface area is 126 Å². The third-order valence-corrected chi connectivity index (χ3v) is 3.17. The number of aromatic hydroxyl groups is 1. The molecule has 110 valence electrons. The van der Waals surface area contributed by atoms with Crippen molar-refractivity contribution in [1.29, 1.82) is 0 Å². The third-order valence-electron chi connectivity index (χ3n) is 3.17. The molecule has 1 heterocycles. The van der Waals surface area contributed by atoms with Crippen LogP contribution < -0.4 is 4.74 Å². The van der Waals surface area contributed by atoms with Gasteiger partial charge in [0.15, 0.2) is 0 Å². The fraction of sp³-hybridized carbons (Fsp3) is 0.0625. The Morgan fingerprint density at radius 2 is 2.05 bits per heavy atom. The zero-order valence-corrected chi connectivity index (χ0v) is 11.8. The predicted molar refractivity (Wildman–Crippen MR) is 81.4 cm³/mol. The molecular weight excluding hydrogens is 282 g/mol. The van der Waals surface area contributed by atoms with E-state index < -0.39 is 5.97 Å². The molecule has 0 unspecified atom stereocenters. The number of phenolic OH excluding ortho intramolecular Hbond substituents is 1. The van der Waals surface area contributed by atoms with Crippen molar-refractivity contribution >= 4 is 17.0 Å². The molecule has 0 spiro atoms. The Bertz CT molecular complexity index is 883. The summed E-state index contributed by atoms with van der Waals surface area (Å²) in [6.07, 6.45) is 0. The van der Waals surface area contributed by atoms with Crippen LogP contribution in [0.25, 0.3) is 22.2 Å². The van der Waals surface area contributed by atoms with Crippen molar-refractivity contribution in [2.45, 2.75) is 6.92 Å². The van der Waals surface area contributed by atoms with Crippen molar-refractivity contribution < 1.29 is 14.6 Å². The zero-order valence-electron chi connectivity index (χ0n) is 11.8. The fourth-order valence-electron chi connectivity index (χ4n) is 2.08. The van der Waals surface area contributed by atoms with Crippen molar-refractivity contribution in [2.75, 3.05) is 0 Å². The van der Waals surface area contributed by atoms with Gasteiger partial charge in [0.1, 0.15) is 22.5 Å². The number of phenols is 1. The highest BCUT2D eigenvalue weighted by atomic mass is 16.5. The van der Waals surface area contributed by atoms with Crippen LogP contribution in [0.15, 0.2) is 48.6 Å². The van der Waals surface area contributed by atoms with E-state index in [4.69, 9.17) is 4.74 Å². The number of carbonyl (C=O) groups is 1. The van der Waals surface area contributed by atoms with Gasteiger partial charge in [-0.15, -0.1) is 0 Å². The fourth-order valence-corrected chi connectivity index (χ4v) is 2.08. The number of ether oxygens (including phenoxy) is 1. The molecule has 2 aromatic carbocycles. The number of fused-ring (bicyclic) bond motifs is 1. The number of hydrogen-bond donors (Lipinski definition) is 2. The van der Waals surface area contributed by atoms with E-state index in [0.29, 0.717) is 16.6 Å². The summed E-state index contributed by atoms with van der Waals surface area (Å²) in [5, 5.41) is 20.9. The number of nitrogens with zero attached hydrogens (tertiary/aromatic N) is 2. The second kappa shape index (κ2) is 5.33. The van der Waals surface area contributed by atoms with Crippen molar-refractivity contribution in [3.8, 4) is 22.6 Å².